The summed E-state index contributed by atoms with van der Waals surface area (Å²) in [5.74, 6) is 3.21. The van der Waals surface area contributed by atoms with E-state index in [1.54, 1.807) is 7.11 Å². The molecule has 0 radical (unpaired) electrons. The van der Waals surface area contributed by atoms with E-state index in [0.29, 0.717) is 12.7 Å². The molecule has 0 saturated carbocycles. The molecule has 2 aromatic rings. The van der Waals surface area contributed by atoms with Crippen molar-refractivity contribution < 1.29 is 24.3 Å². The van der Waals surface area contributed by atoms with Gasteiger partial charge in [-0.25, -0.2) is 0 Å². The van der Waals surface area contributed by atoms with Gasteiger partial charge < -0.3 is 24.3 Å². The number of quaternary nitrogens is 1. The van der Waals surface area contributed by atoms with Crippen LogP contribution in [0.4, 0.5) is 0 Å². The van der Waals surface area contributed by atoms with Crippen LogP contribution >= 0.6 is 0 Å². The van der Waals surface area contributed by atoms with Crippen LogP contribution in [0.3, 0.4) is 0 Å². The number of benzene rings is 2. The van der Waals surface area contributed by atoms with E-state index in [1.807, 2.05) is 6.07 Å². The van der Waals surface area contributed by atoms with Crippen LogP contribution in [-0.2, 0) is 16.7 Å². The van der Waals surface area contributed by atoms with Gasteiger partial charge in [-0.3, -0.25) is 0 Å². The Labute approximate surface area is 179 Å². The number of methoxy groups -OCH3 is 1. The van der Waals surface area contributed by atoms with Crippen molar-refractivity contribution in [3.05, 3.63) is 53.6 Å². The molecule has 0 aromatic heterocycles. The SMILES string of the molecule is COc1ccccc1[C@@]1(CC[NH2+]Cc2ccc3c(c2)OCO3)CCO[C@@H](C(C)C)C1. The summed E-state index contributed by atoms with van der Waals surface area (Å²) in [6, 6.07) is 14.8. The first-order chi connectivity index (χ1) is 14.6. The molecule has 2 heterocycles. The highest BCUT2D eigenvalue weighted by Gasteiger charge is 2.41. The lowest BCUT2D eigenvalue weighted by Crippen LogP contribution is -2.83. The van der Waals surface area contributed by atoms with E-state index >= 15 is 0 Å². The zero-order valence-corrected chi connectivity index (χ0v) is 18.4. The van der Waals surface area contributed by atoms with Gasteiger partial charge in [0.2, 0.25) is 6.79 Å². The number of para-hydroxylation sites is 1. The first-order valence-electron chi connectivity index (χ1n) is 11.1. The fraction of sp³-hybridized carbons (Fsp3) is 0.520. The van der Waals surface area contributed by atoms with Crippen LogP contribution in [-0.4, -0.2) is 33.2 Å². The smallest absolute Gasteiger partial charge is 0.231 e. The summed E-state index contributed by atoms with van der Waals surface area (Å²) in [4.78, 5) is 0. The number of ether oxygens (including phenoxy) is 4. The Balaban J connectivity index is 1.46. The van der Waals surface area contributed by atoms with Crippen molar-refractivity contribution in [3.8, 4) is 17.2 Å². The summed E-state index contributed by atoms with van der Waals surface area (Å²) in [6.07, 6.45) is 3.47. The monoisotopic (exact) mass is 412 g/mol. The third-order valence-electron chi connectivity index (χ3n) is 6.57. The predicted octanol–water partition coefficient (Wildman–Crippen LogP) is 3.65. The molecule has 30 heavy (non-hydrogen) atoms. The van der Waals surface area contributed by atoms with Crippen molar-refractivity contribution in [2.24, 2.45) is 5.92 Å². The zero-order valence-electron chi connectivity index (χ0n) is 18.4. The molecule has 0 bridgehead atoms. The Morgan fingerprint density at radius 3 is 2.80 bits per heavy atom. The lowest BCUT2D eigenvalue weighted by atomic mass is 9.68. The van der Waals surface area contributed by atoms with Gasteiger partial charge in [-0.05, 0) is 43.0 Å². The highest BCUT2D eigenvalue weighted by molar-refractivity contribution is 5.44. The molecular weight excluding hydrogens is 378 g/mol. The van der Waals surface area contributed by atoms with Gasteiger partial charge in [0.15, 0.2) is 11.5 Å². The van der Waals surface area contributed by atoms with Crippen LogP contribution < -0.4 is 19.5 Å². The largest absolute Gasteiger partial charge is 0.496 e. The van der Waals surface area contributed by atoms with Crippen molar-refractivity contribution in [3.63, 3.8) is 0 Å². The van der Waals surface area contributed by atoms with Gasteiger partial charge in [0.25, 0.3) is 0 Å². The predicted molar refractivity (Wildman–Crippen MR) is 116 cm³/mol. The van der Waals surface area contributed by atoms with Crippen LogP contribution in [0.15, 0.2) is 42.5 Å². The molecule has 0 amide bonds. The Morgan fingerprint density at radius 2 is 1.97 bits per heavy atom. The molecule has 0 unspecified atom stereocenters. The van der Waals surface area contributed by atoms with Crippen LogP contribution in [0.2, 0.25) is 0 Å². The summed E-state index contributed by atoms with van der Waals surface area (Å²) < 4.78 is 22.8. The molecular formula is C25H34NO4+. The van der Waals surface area contributed by atoms with Gasteiger partial charge in [0.05, 0.1) is 19.8 Å². The van der Waals surface area contributed by atoms with E-state index < -0.39 is 0 Å². The minimum Gasteiger partial charge on any atom is -0.496 e. The Hall–Kier alpha value is -2.24. The fourth-order valence-corrected chi connectivity index (χ4v) is 4.78. The third-order valence-corrected chi connectivity index (χ3v) is 6.57. The minimum atomic E-state index is 0.0885. The second-order valence-corrected chi connectivity index (χ2v) is 8.81. The standard InChI is InChI=1S/C25H33NO4/c1-18(2)24-15-25(11-13-28-24,20-6-4-5-7-21(20)27-3)10-12-26-16-19-8-9-22-23(14-19)30-17-29-22/h4-9,14,18,24,26H,10-13,15-17H2,1-3H3/p+1/t24-,25+/m1/s1. The second kappa shape index (κ2) is 9.27. The summed E-state index contributed by atoms with van der Waals surface area (Å²) in [7, 11) is 1.78. The van der Waals surface area contributed by atoms with E-state index in [4.69, 9.17) is 18.9 Å². The first kappa shape index (κ1) is 21.0. The van der Waals surface area contributed by atoms with Crippen LogP contribution in [0.25, 0.3) is 0 Å². The molecule has 2 aliphatic rings. The number of rotatable bonds is 8. The zero-order chi connectivity index (χ0) is 21.0. The van der Waals surface area contributed by atoms with E-state index in [0.717, 1.165) is 56.2 Å². The average molecular weight is 413 g/mol. The van der Waals surface area contributed by atoms with E-state index in [2.05, 4.69) is 55.6 Å². The van der Waals surface area contributed by atoms with Crippen LogP contribution in [0.1, 0.15) is 44.2 Å². The number of hydrogen-bond donors (Lipinski definition) is 1. The maximum Gasteiger partial charge on any atom is 0.231 e. The molecule has 5 nitrogen and oxygen atoms in total. The molecule has 162 valence electrons. The molecule has 0 spiro atoms. The molecule has 2 N–H and O–H groups in total. The Morgan fingerprint density at radius 1 is 1.13 bits per heavy atom. The summed E-state index contributed by atoms with van der Waals surface area (Å²) in [5, 5.41) is 2.40. The van der Waals surface area contributed by atoms with Gasteiger partial charge >= 0.3 is 0 Å². The second-order valence-electron chi connectivity index (χ2n) is 8.81. The number of nitrogens with two attached hydrogens (primary N) is 1. The van der Waals surface area contributed by atoms with E-state index in [9.17, 15) is 0 Å². The molecule has 0 aliphatic carbocycles. The lowest BCUT2D eigenvalue weighted by Gasteiger charge is -2.43. The quantitative estimate of drug-likeness (QED) is 0.673. The van der Waals surface area contributed by atoms with Gasteiger partial charge in [0, 0.05) is 29.6 Å². The topological polar surface area (TPSA) is 53.5 Å². The highest BCUT2D eigenvalue weighted by Crippen LogP contribution is 2.45. The van der Waals surface area contributed by atoms with Gasteiger partial charge in [0.1, 0.15) is 12.3 Å². The van der Waals surface area contributed by atoms with E-state index in [1.165, 1.54) is 11.1 Å². The van der Waals surface area contributed by atoms with Crippen LogP contribution in [0, 0.1) is 5.92 Å². The van der Waals surface area contributed by atoms with Crippen LogP contribution in [0.5, 0.6) is 17.2 Å². The van der Waals surface area contributed by atoms with Crippen molar-refractivity contribution >= 4 is 0 Å². The van der Waals surface area contributed by atoms with Crippen molar-refractivity contribution in [2.75, 3.05) is 27.1 Å². The van der Waals surface area contributed by atoms with Crippen molar-refractivity contribution in [1.82, 2.24) is 0 Å². The van der Waals surface area contributed by atoms with Gasteiger partial charge in [-0.2, -0.15) is 0 Å². The summed E-state index contributed by atoms with van der Waals surface area (Å²) in [5.41, 5.74) is 2.68. The molecule has 4 rings (SSSR count). The highest BCUT2D eigenvalue weighted by atomic mass is 16.7. The molecule has 5 heteroatoms. The average Bonchev–Trinajstić information content (AvgIpc) is 3.25. The number of fused-ring (bicyclic) bond motifs is 1. The molecule has 2 aromatic carbocycles. The maximum atomic E-state index is 6.13. The van der Waals surface area contributed by atoms with Gasteiger partial charge in [-0.15, -0.1) is 0 Å². The molecule has 1 saturated heterocycles. The first-order valence-corrected chi connectivity index (χ1v) is 11.1. The van der Waals surface area contributed by atoms with Crippen molar-refractivity contribution in [2.45, 2.75) is 51.2 Å². The molecule has 1 fully saturated rings. The van der Waals surface area contributed by atoms with E-state index in [-0.39, 0.29) is 11.5 Å². The van der Waals surface area contributed by atoms with Crippen molar-refractivity contribution in [1.29, 1.82) is 0 Å². The molecule has 2 atom stereocenters. The third kappa shape index (κ3) is 4.42. The normalized spacial score (nSPS) is 23.0. The fourth-order valence-electron chi connectivity index (χ4n) is 4.78. The summed E-state index contributed by atoms with van der Waals surface area (Å²) >= 11 is 0. The van der Waals surface area contributed by atoms with Gasteiger partial charge in [-0.1, -0.05) is 32.0 Å². The Bertz CT molecular complexity index is 853. The summed E-state index contributed by atoms with van der Waals surface area (Å²) in [6.45, 7) is 7.63. The number of hydrogen-bond acceptors (Lipinski definition) is 4. The Kier molecular flexibility index (Phi) is 6.49. The maximum absolute atomic E-state index is 6.13. The molecule has 2 aliphatic heterocycles. The lowest BCUT2D eigenvalue weighted by molar-refractivity contribution is -0.672. The minimum absolute atomic E-state index is 0.0885.